The van der Waals surface area contributed by atoms with Crippen LogP contribution in [0.2, 0.25) is 0 Å². The molecule has 7 rings (SSSR count). The zero-order valence-electron chi connectivity index (χ0n) is 71.2. The highest BCUT2D eigenvalue weighted by atomic mass is 16.5. The number of primary amides is 1. The van der Waals surface area contributed by atoms with Crippen molar-refractivity contribution in [3.05, 3.63) is 212 Å². The average Bonchev–Trinajstić information content (AvgIpc) is 0.912. The Morgan fingerprint density at radius 2 is 0.775 bits per heavy atom. The van der Waals surface area contributed by atoms with Crippen LogP contribution in [0.25, 0.3) is 0 Å². The summed E-state index contributed by atoms with van der Waals surface area (Å²) in [6.07, 6.45) is 32.2. The van der Waals surface area contributed by atoms with E-state index in [9.17, 15) is 50.4 Å². The van der Waals surface area contributed by atoms with Crippen molar-refractivity contribution in [1.82, 2.24) is 0 Å². The molecule has 9 atom stereocenters. The van der Waals surface area contributed by atoms with Crippen molar-refractivity contribution >= 4 is 11.7 Å². The van der Waals surface area contributed by atoms with E-state index in [1.165, 1.54) is 65.5 Å². The molecule has 1 aliphatic rings. The van der Waals surface area contributed by atoms with Crippen molar-refractivity contribution in [1.29, 1.82) is 0 Å². The molecular formula is C98H155NO12. The van der Waals surface area contributed by atoms with Crippen LogP contribution >= 0.6 is 0 Å². The molecule has 0 bridgehead atoms. The molecule has 0 radical (unpaired) electrons. The molecule has 1 amide bonds. The van der Waals surface area contributed by atoms with Crippen LogP contribution in [-0.2, 0) is 57.6 Å². The van der Waals surface area contributed by atoms with Crippen molar-refractivity contribution in [3.63, 3.8) is 0 Å². The van der Waals surface area contributed by atoms with Crippen molar-refractivity contribution in [2.75, 3.05) is 20.3 Å². The lowest BCUT2D eigenvalue weighted by Gasteiger charge is -2.22. The monoisotopic (exact) mass is 1540 g/mol. The number of ketones is 1. The van der Waals surface area contributed by atoms with Crippen LogP contribution < -0.4 is 5.73 Å². The number of hydrogen-bond acceptors (Lipinski definition) is 12. The predicted molar refractivity (Wildman–Crippen MR) is 462 cm³/mol. The first-order chi connectivity index (χ1) is 53.4. The van der Waals surface area contributed by atoms with Gasteiger partial charge in [-0.1, -0.05) is 266 Å². The van der Waals surface area contributed by atoms with Gasteiger partial charge in [0.15, 0.2) is 0 Å². The Hall–Kier alpha value is -5.94. The molecule has 10 N–H and O–H groups in total. The van der Waals surface area contributed by atoms with E-state index < -0.39 is 5.60 Å². The Morgan fingerprint density at radius 1 is 0.432 bits per heavy atom. The first-order valence-electron chi connectivity index (χ1n) is 43.3. The summed E-state index contributed by atoms with van der Waals surface area (Å²) < 4.78 is 10.8. The van der Waals surface area contributed by atoms with Gasteiger partial charge in [0, 0.05) is 39.6 Å². The minimum atomic E-state index is -0.577. The second kappa shape index (κ2) is 62.4. The molecule has 0 spiro atoms. The number of hydrogen-bond donors (Lipinski definition) is 9. The molecule has 624 valence electrons. The van der Waals surface area contributed by atoms with Crippen LogP contribution in [0.4, 0.5) is 0 Å². The number of aliphatic hydroxyl groups is 8. The van der Waals surface area contributed by atoms with E-state index in [1.54, 1.807) is 7.11 Å². The average molecular weight is 1540 g/mol. The highest BCUT2D eigenvalue weighted by Crippen LogP contribution is 2.28. The van der Waals surface area contributed by atoms with Crippen molar-refractivity contribution in [3.8, 4) is 0 Å². The van der Waals surface area contributed by atoms with Crippen LogP contribution in [0.1, 0.15) is 372 Å². The number of Topliss-reactive ketones (excluding diaryl/α,β-unsaturated/α-hetero) is 1. The summed E-state index contributed by atoms with van der Waals surface area (Å²) in [4.78, 5) is 21.8. The van der Waals surface area contributed by atoms with Gasteiger partial charge >= 0.3 is 0 Å². The number of carbonyl (C=O) groups excluding carboxylic acids is 2. The van der Waals surface area contributed by atoms with Crippen LogP contribution in [0.5, 0.6) is 0 Å². The van der Waals surface area contributed by atoms with Gasteiger partial charge in [0.05, 0.1) is 54.4 Å². The number of amides is 1. The molecule has 6 aromatic carbocycles. The Kier molecular flexibility index (Phi) is 56.9. The quantitative estimate of drug-likeness (QED) is 0.0162. The first-order valence-corrected chi connectivity index (χ1v) is 43.3. The highest BCUT2D eigenvalue weighted by Gasteiger charge is 2.20. The first kappa shape index (κ1) is 101. The minimum absolute atomic E-state index is 0.234. The van der Waals surface area contributed by atoms with Crippen LogP contribution in [0.15, 0.2) is 146 Å². The van der Waals surface area contributed by atoms with Gasteiger partial charge in [-0.15, -0.1) is 0 Å². The Labute approximate surface area is 674 Å². The van der Waals surface area contributed by atoms with E-state index >= 15 is 0 Å². The summed E-state index contributed by atoms with van der Waals surface area (Å²) in [5, 5.41) is 79.9. The second-order valence-corrected chi connectivity index (χ2v) is 31.5. The van der Waals surface area contributed by atoms with E-state index in [-0.39, 0.29) is 48.6 Å². The van der Waals surface area contributed by atoms with Crippen molar-refractivity contribution in [2.45, 2.75) is 362 Å². The number of carbonyl (C=O) groups is 2. The number of rotatable bonds is 47. The Balaban J connectivity index is 0.000000452. The van der Waals surface area contributed by atoms with Crippen LogP contribution in [0, 0.1) is 5.92 Å². The van der Waals surface area contributed by atoms with Crippen LogP contribution in [-0.4, -0.2) is 90.7 Å². The summed E-state index contributed by atoms with van der Waals surface area (Å²) in [6.45, 7) is 24.3. The fraction of sp³-hybridized carbons (Fsp3) is 0.612. The third-order valence-electron chi connectivity index (χ3n) is 20.7. The topological polar surface area (TPSA) is 240 Å². The van der Waals surface area contributed by atoms with Gasteiger partial charge in [-0.3, -0.25) is 9.59 Å². The fourth-order valence-electron chi connectivity index (χ4n) is 13.7. The smallest absolute Gasteiger partial charge is 0.217 e. The predicted octanol–water partition coefficient (Wildman–Crippen LogP) is 22.3. The molecule has 6 aromatic rings. The van der Waals surface area contributed by atoms with E-state index in [4.69, 9.17) is 15.2 Å². The van der Waals surface area contributed by atoms with Gasteiger partial charge in [0.1, 0.15) is 5.78 Å². The number of ether oxygens (including phenoxy) is 2. The maximum Gasteiger partial charge on any atom is 0.217 e. The zero-order chi connectivity index (χ0) is 82.0. The third kappa shape index (κ3) is 47.5. The SMILES string of the molecule is CCCC(O)c1cccc(CCC(C)(O)CCC)c1.CCCC(O)c1cccc(CCC(O)C(C)C)c1.CCCC(O)c1cccc(CCC2CCCCO2)c1.CCCC(O)c1cccc(CCCCC(=O)CC)c1.CCCC(O)c1cccc(CCCCC(N)=O)c1.CCCC(O)c1cccc(CCCCCOC)c1. The number of unbranched alkanes of at least 4 members (excludes halogenated alkanes) is 4. The molecule has 9 unspecified atom stereocenters. The number of nitrogens with two attached hydrogens (primary N) is 1. The highest BCUT2D eigenvalue weighted by molar-refractivity contribution is 5.77. The molecule has 1 aliphatic heterocycles. The lowest BCUT2D eigenvalue weighted by Crippen LogP contribution is -2.24. The van der Waals surface area contributed by atoms with E-state index in [0.717, 1.165) is 226 Å². The number of methoxy groups -OCH3 is 1. The zero-order valence-corrected chi connectivity index (χ0v) is 71.2. The summed E-state index contributed by atoms with van der Waals surface area (Å²) in [5.41, 5.74) is 18.2. The standard InChI is InChI=1S/C17H26O2.C17H28O2.C17H26O2.2C16H26O2.C15H23NO2/c1-2-6-17(18)15-8-5-7-14(13-15)10-11-16-9-3-4-12-19-16;1-4-7-16(18)15-9-6-8-14(13-15)10-12-17(3,19)11-5-2;1-3-8-17(19)15-11-7-10-14(13-15)9-5-6-12-16(18)4-2;1-4-6-16(18)14-8-5-7-13(11-14)9-10-15(17)12(2)3;1-3-8-16(17)15-11-7-10-14(13-15)9-5-4-6-12-18-2;1-2-6-14(17)13-9-5-8-12(11-13)7-3-4-10-15(16)18/h5,7-8,13,16-18H,2-4,6,9-12H2,1H3;6,8-9,13,16,18-19H,4-5,7,10-12H2,1-3H3;7,10-11,13,17,19H,3-6,8-9,12H2,1-2H3;5,7-8,11-12,15-18H,4,6,9-10H2,1-3H3;7,10-11,13,16-17H,3-6,8-9,12H2,1-2H3;5,8-9,11,14,17H,2-4,6-7,10H2,1H3,(H2,16,18). The molecule has 13 heteroatoms. The number of aryl methyl sites for hydroxylation is 6. The van der Waals surface area contributed by atoms with Gasteiger partial charge in [0.25, 0.3) is 0 Å². The van der Waals surface area contributed by atoms with Gasteiger partial charge < -0.3 is 56.1 Å². The lowest BCUT2D eigenvalue weighted by atomic mass is 9.91. The molecule has 1 heterocycles. The summed E-state index contributed by atoms with van der Waals surface area (Å²) >= 11 is 0. The Morgan fingerprint density at radius 3 is 1.09 bits per heavy atom. The van der Waals surface area contributed by atoms with Crippen molar-refractivity contribution in [2.24, 2.45) is 11.7 Å². The van der Waals surface area contributed by atoms with E-state index in [2.05, 4.69) is 133 Å². The van der Waals surface area contributed by atoms with E-state index in [1.807, 2.05) is 88.4 Å². The second-order valence-electron chi connectivity index (χ2n) is 31.5. The lowest BCUT2D eigenvalue weighted by molar-refractivity contribution is -0.119. The summed E-state index contributed by atoms with van der Waals surface area (Å²) in [5.74, 6) is 0.424. The molecule has 1 saturated heterocycles. The fourth-order valence-corrected chi connectivity index (χ4v) is 13.7. The van der Waals surface area contributed by atoms with Gasteiger partial charge in [0.2, 0.25) is 5.91 Å². The van der Waals surface area contributed by atoms with Crippen molar-refractivity contribution < 1.29 is 59.9 Å². The molecular weight excluding hydrogens is 1380 g/mol. The van der Waals surface area contributed by atoms with Gasteiger partial charge in [-0.05, 0) is 240 Å². The molecule has 0 aliphatic carbocycles. The molecule has 111 heavy (non-hydrogen) atoms. The minimum Gasteiger partial charge on any atom is -0.393 e. The summed E-state index contributed by atoms with van der Waals surface area (Å²) in [7, 11) is 1.75. The maximum atomic E-state index is 11.2. The molecule has 0 saturated carbocycles. The van der Waals surface area contributed by atoms with E-state index in [0.29, 0.717) is 37.1 Å². The number of benzene rings is 6. The number of aliphatic hydroxyl groups excluding tert-OH is 7. The van der Waals surface area contributed by atoms with Gasteiger partial charge in [-0.25, -0.2) is 0 Å². The Bertz CT molecular complexity index is 3290. The maximum absolute atomic E-state index is 11.2. The van der Waals surface area contributed by atoms with Gasteiger partial charge in [-0.2, -0.15) is 0 Å². The van der Waals surface area contributed by atoms with Crippen LogP contribution in [0.3, 0.4) is 0 Å². The summed E-state index contributed by atoms with van der Waals surface area (Å²) in [6, 6.07) is 49.3. The molecule has 1 fully saturated rings. The normalized spacial score (nSPS) is 14.9. The third-order valence-corrected chi connectivity index (χ3v) is 20.7. The molecule has 13 nitrogen and oxygen atoms in total. The largest absolute Gasteiger partial charge is 0.393 e. The molecule has 0 aromatic heterocycles.